The molecule has 0 saturated carbocycles. The van der Waals surface area contributed by atoms with Crippen molar-refractivity contribution in [2.45, 2.75) is 12.5 Å². The van der Waals surface area contributed by atoms with Crippen molar-refractivity contribution < 1.29 is 0 Å². The van der Waals surface area contributed by atoms with Gasteiger partial charge in [-0.15, -0.1) is 0 Å². The van der Waals surface area contributed by atoms with Crippen molar-refractivity contribution in [3.05, 3.63) is 11.9 Å². The maximum absolute atomic E-state index is 3.92. The second kappa shape index (κ2) is 2.09. The Morgan fingerprint density at radius 1 is 1.60 bits per heavy atom. The maximum atomic E-state index is 3.92. The summed E-state index contributed by atoms with van der Waals surface area (Å²) >= 11 is 0. The van der Waals surface area contributed by atoms with Crippen LogP contribution in [0.5, 0.6) is 0 Å². The van der Waals surface area contributed by atoms with Gasteiger partial charge in [-0.05, 0) is 0 Å². The molecule has 0 spiro atoms. The molecule has 5 nitrogen and oxygen atoms in total. The van der Waals surface area contributed by atoms with Gasteiger partial charge < -0.3 is 5.43 Å². The average Bonchev–Trinajstić information content (AvgIpc) is 2.59. The predicted molar refractivity (Wildman–Crippen MR) is 35.4 cm³/mol. The Labute approximate surface area is 57.5 Å². The number of hydrogen-bond donors (Lipinski definition) is 2. The minimum absolute atomic E-state index is 0.221. The summed E-state index contributed by atoms with van der Waals surface area (Å²) in [4.78, 5) is 0. The highest BCUT2D eigenvalue weighted by Crippen LogP contribution is 2.13. The fraction of sp³-hybridized carbons (Fsp3) is 0.400. The molecule has 1 atom stereocenters. The summed E-state index contributed by atoms with van der Waals surface area (Å²) in [5.74, 6) is 0. The first-order chi connectivity index (χ1) is 4.97. The van der Waals surface area contributed by atoms with Gasteiger partial charge in [0, 0.05) is 12.6 Å². The SMILES string of the molecule is C1=NNC(c2cn[nH]n2)C1. The van der Waals surface area contributed by atoms with E-state index in [-0.39, 0.29) is 6.04 Å². The summed E-state index contributed by atoms with van der Waals surface area (Å²) in [5.41, 5.74) is 3.82. The molecule has 2 heterocycles. The van der Waals surface area contributed by atoms with Gasteiger partial charge in [0.15, 0.2) is 0 Å². The van der Waals surface area contributed by atoms with Crippen LogP contribution in [0, 0.1) is 0 Å². The highest BCUT2D eigenvalue weighted by atomic mass is 15.4. The Balaban J connectivity index is 2.14. The normalized spacial score (nSPS) is 23.0. The summed E-state index contributed by atoms with van der Waals surface area (Å²) in [5, 5.41) is 14.0. The molecule has 1 aliphatic rings. The third-order valence-corrected chi connectivity index (χ3v) is 1.45. The number of H-pyrrole nitrogens is 1. The summed E-state index contributed by atoms with van der Waals surface area (Å²) in [6.45, 7) is 0. The molecule has 52 valence electrons. The average molecular weight is 137 g/mol. The first-order valence-electron chi connectivity index (χ1n) is 3.09. The molecule has 1 unspecified atom stereocenters. The van der Waals surface area contributed by atoms with E-state index in [1.54, 1.807) is 6.20 Å². The van der Waals surface area contributed by atoms with E-state index in [0.717, 1.165) is 12.1 Å². The lowest BCUT2D eigenvalue weighted by atomic mass is 10.2. The third-order valence-electron chi connectivity index (χ3n) is 1.45. The van der Waals surface area contributed by atoms with Crippen LogP contribution in [-0.2, 0) is 0 Å². The molecule has 5 heteroatoms. The minimum atomic E-state index is 0.221. The lowest BCUT2D eigenvalue weighted by Gasteiger charge is -2.02. The largest absolute Gasteiger partial charge is 0.301 e. The van der Waals surface area contributed by atoms with Gasteiger partial charge in [0.25, 0.3) is 0 Å². The standard InChI is InChI=1S/C5H7N5/c1-2-6-8-4(1)5-3-7-10-9-5/h2-4,8H,1H2,(H,7,9,10). The zero-order valence-electron chi connectivity index (χ0n) is 5.28. The van der Waals surface area contributed by atoms with Crippen LogP contribution in [0.2, 0.25) is 0 Å². The van der Waals surface area contributed by atoms with Gasteiger partial charge >= 0.3 is 0 Å². The van der Waals surface area contributed by atoms with E-state index in [1.165, 1.54) is 0 Å². The molecular weight excluding hydrogens is 130 g/mol. The van der Waals surface area contributed by atoms with Gasteiger partial charge in [0.05, 0.1) is 12.2 Å². The van der Waals surface area contributed by atoms with Gasteiger partial charge in [0.2, 0.25) is 0 Å². The Kier molecular flexibility index (Phi) is 1.13. The summed E-state index contributed by atoms with van der Waals surface area (Å²) in [7, 11) is 0. The van der Waals surface area contributed by atoms with E-state index in [2.05, 4.69) is 25.9 Å². The molecule has 2 N–H and O–H groups in total. The van der Waals surface area contributed by atoms with Crippen LogP contribution in [0.25, 0.3) is 0 Å². The molecule has 0 bridgehead atoms. The number of hydrogen-bond acceptors (Lipinski definition) is 4. The molecule has 0 saturated heterocycles. The lowest BCUT2D eigenvalue weighted by Crippen LogP contribution is -2.09. The monoisotopic (exact) mass is 137 g/mol. The van der Waals surface area contributed by atoms with Crippen LogP contribution >= 0.6 is 0 Å². The molecule has 1 aromatic rings. The number of nitrogens with zero attached hydrogens (tertiary/aromatic N) is 3. The van der Waals surface area contributed by atoms with Crippen molar-refractivity contribution in [1.82, 2.24) is 20.8 Å². The van der Waals surface area contributed by atoms with Crippen LogP contribution in [0.3, 0.4) is 0 Å². The van der Waals surface area contributed by atoms with Crippen LogP contribution < -0.4 is 5.43 Å². The first-order valence-corrected chi connectivity index (χ1v) is 3.09. The first kappa shape index (κ1) is 5.40. The number of aromatic amines is 1. The van der Waals surface area contributed by atoms with E-state index in [4.69, 9.17) is 0 Å². The molecule has 0 radical (unpaired) electrons. The van der Waals surface area contributed by atoms with Crippen molar-refractivity contribution in [2.75, 3.05) is 0 Å². The molecule has 10 heavy (non-hydrogen) atoms. The highest BCUT2D eigenvalue weighted by molar-refractivity contribution is 5.60. The van der Waals surface area contributed by atoms with Crippen LogP contribution in [0.15, 0.2) is 11.3 Å². The van der Waals surface area contributed by atoms with Crippen LogP contribution in [-0.4, -0.2) is 21.6 Å². The van der Waals surface area contributed by atoms with Crippen molar-refractivity contribution in [3.63, 3.8) is 0 Å². The molecule has 1 aliphatic heterocycles. The number of nitrogens with one attached hydrogen (secondary N) is 2. The Bertz CT molecular complexity index is 218. The van der Waals surface area contributed by atoms with E-state index in [0.29, 0.717) is 0 Å². The third kappa shape index (κ3) is 0.754. The van der Waals surface area contributed by atoms with Gasteiger partial charge in [-0.25, -0.2) is 0 Å². The van der Waals surface area contributed by atoms with Gasteiger partial charge in [-0.1, -0.05) is 0 Å². The summed E-state index contributed by atoms with van der Waals surface area (Å²) in [6.07, 6.45) is 4.43. The molecule has 1 aromatic heterocycles. The second-order valence-electron chi connectivity index (χ2n) is 2.12. The molecule has 0 aliphatic carbocycles. The zero-order valence-corrected chi connectivity index (χ0v) is 5.28. The lowest BCUT2D eigenvalue weighted by molar-refractivity contribution is 0.601. The fourth-order valence-electron chi connectivity index (χ4n) is 0.919. The molecular formula is C5H7N5. The molecule has 0 aromatic carbocycles. The van der Waals surface area contributed by atoms with Gasteiger partial charge in [-0.3, -0.25) is 0 Å². The zero-order chi connectivity index (χ0) is 6.81. The van der Waals surface area contributed by atoms with Gasteiger partial charge in [-0.2, -0.15) is 20.5 Å². The Morgan fingerprint density at radius 2 is 2.60 bits per heavy atom. The quantitative estimate of drug-likeness (QED) is 0.564. The highest BCUT2D eigenvalue weighted by Gasteiger charge is 2.14. The Morgan fingerprint density at radius 3 is 3.20 bits per heavy atom. The molecule has 0 amide bonds. The summed E-state index contributed by atoms with van der Waals surface area (Å²) < 4.78 is 0. The summed E-state index contributed by atoms with van der Waals surface area (Å²) in [6, 6.07) is 0.221. The van der Waals surface area contributed by atoms with Crippen molar-refractivity contribution >= 4 is 6.21 Å². The Hall–Kier alpha value is -1.39. The molecule has 2 rings (SSSR count). The van der Waals surface area contributed by atoms with Crippen molar-refractivity contribution in [1.29, 1.82) is 0 Å². The number of rotatable bonds is 1. The van der Waals surface area contributed by atoms with Gasteiger partial charge in [0.1, 0.15) is 5.69 Å². The van der Waals surface area contributed by atoms with Crippen molar-refractivity contribution in [3.8, 4) is 0 Å². The van der Waals surface area contributed by atoms with E-state index in [9.17, 15) is 0 Å². The van der Waals surface area contributed by atoms with E-state index >= 15 is 0 Å². The molecule has 0 fully saturated rings. The van der Waals surface area contributed by atoms with Crippen LogP contribution in [0.4, 0.5) is 0 Å². The maximum Gasteiger partial charge on any atom is 0.107 e. The van der Waals surface area contributed by atoms with E-state index < -0.39 is 0 Å². The second-order valence-corrected chi connectivity index (χ2v) is 2.12. The number of hydrazone groups is 1. The van der Waals surface area contributed by atoms with Crippen molar-refractivity contribution in [2.24, 2.45) is 5.10 Å². The number of aromatic nitrogens is 3. The predicted octanol–water partition coefficient (Wildman–Crippen LogP) is -0.175. The van der Waals surface area contributed by atoms with Crippen LogP contribution in [0.1, 0.15) is 18.2 Å². The van der Waals surface area contributed by atoms with E-state index in [1.807, 2.05) is 6.21 Å². The smallest absolute Gasteiger partial charge is 0.107 e. The minimum Gasteiger partial charge on any atom is -0.301 e. The topological polar surface area (TPSA) is 66.0 Å². The fourth-order valence-corrected chi connectivity index (χ4v) is 0.919.